The van der Waals surface area contributed by atoms with E-state index < -0.39 is 48.6 Å². The van der Waals surface area contributed by atoms with Gasteiger partial charge in [0.05, 0.1) is 19.5 Å². The zero-order chi connectivity index (χ0) is 30.9. The molecular formula is C28H32ClFN6O7. The van der Waals surface area contributed by atoms with Crippen molar-refractivity contribution in [1.82, 2.24) is 19.5 Å². The highest BCUT2D eigenvalue weighted by Gasteiger charge is 2.51. The number of piperidine rings is 1. The lowest BCUT2D eigenvalue weighted by atomic mass is 9.90. The minimum absolute atomic E-state index is 0.0150. The highest BCUT2D eigenvalue weighted by molar-refractivity contribution is 6.28. The fraction of sp³-hybridized carbons (Fsp3) is 0.500. The Balaban J connectivity index is 1.36. The number of aliphatic hydroxyl groups excluding tert-OH is 1. The SMILES string of the molecule is CCOC(=O)C(Cc1ccc(N2CCCCC2=O)cc1)(OC[C@H]1O[C@@H](n2cnc3c(N)nc(Cl)nc32)[C@@H](F)[C@@H]1O)C(C)=O. The van der Waals surface area contributed by atoms with Gasteiger partial charge in [-0.15, -0.1) is 0 Å². The van der Waals surface area contributed by atoms with Gasteiger partial charge in [0.25, 0.3) is 0 Å². The van der Waals surface area contributed by atoms with Gasteiger partial charge in [-0.05, 0) is 56.0 Å². The van der Waals surface area contributed by atoms with E-state index in [9.17, 15) is 19.5 Å². The van der Waals surface area contributed by atoms with Crippen molar-refractivity contribution in [2.24, 2.45) is 0 Å². The monoisotopic (exact) mass is 618 g/mol. The van der Waals surface area contributed by atoms with Crippen LogP contribution in [0.3, 0.4) is 0 Å². The Bertz CT molecular complexity index is 1520. The van der Waals surface area contributed by atoms with Gasteiger partial charge in [0.15, 0.2) is 29.6 Å². The van der Waals surface area contributed by atoms with Gasteiger partial charge in [-0.2, -0.15) is 9.97 Å². The summed E-state index contributed by atoms with van der Waals surface area (Å²) >= 11 is 5.92. The van der Waals surface area contributed by atoms with Crippen molar-refractivity contribution >= 4 is 51.9 Å². The quantitative estimate of drug-likeness (QED) is 0.194. The van der Waals surface area contributed by atoms with E-state index in [-0.39, 0.29) is 41.2 Å². The molecule has 0 saturated carbocycles. The second-order valence-electron chi connectivity index (χ2n) is 10.5. The number of alkyl halides is 1. The minimum atomic E-state index is -2.11. The van der Waals surface area contributed by atoms with Crippen LogP contribution in [0.4, 0.5) is 15.9 Å². The first-order valence-corrected chi connectivity index (χ1v) is 14.3. The largest absolute Gasteiger partial charge is 0.463 e. The van der Waals surface area contributed by atoms with Gasteiger partial charge in [0.1, 0.15) is 17.7 Å². The molecule has 2 aliphatic heterocycles. The molecule has 2 saturated heterocycles. The maximum Gasteiger partial charge on any atom is 0.346 e. The number of amides is 1. The number of carbonyl (C=O) groups is 3. The third-order valence-electron chi connectivity index (χ3n) is 7.68. The van der Waals surface area contributed by atoms with Crippen molar-refractivity contribution in [2.45, 2.75) is 69.7 Å². The van der Waals surface area contributed by atoms with Gasteiger partial charge in [0, 0.05) is 25.1 Å². The lowest BCUT2D eigenvalue weighted by Gasteiger charge is -2.31. The van der Waals surface area contributed by atoms with Crippen molar-refractivity contribution in [3.63, 3.8) is 0 Å². The van der Waals surface area contributed by atoms with E-state index in [0.29, 0.717) is 24.2 Å². The van der Waals surface area contributed by atoms with Crippen molar-refractivity contribution in [3.05, 3.63) is 41.4 Å². The zero-order valence-corrected chi connectivity index (χ0v) is 24.4. The van der Waals surface area contributed by atoms with Crippen LogP contribution in [0, 0.1) is 0 Å². The summed E-state index contributed by atoms with van der Waals surface area (Å²) in [5.41, 5.74) is 5.27. The summed E-state index contributed by atoms with van der Waals surface area (Å²) in [4.78, 5) is 52.3. The van der Waals surface area contributed by atoms with Crippen LogP contribution in [0.2, 0.25) is 5.28 Å². The zero-order valence-electron chi connectivity index (χ0n) is 23.6. The summed E-state index contributed by atoms with van der Waals surface area (Å²) in [7, 11) is 0. The minimum Gasteiger partial charge on any atom is -0.463 e. The number of esters is 1. The highest BCUT2D eigenvalue weighted by atomic mass is 35.5. The summed E-state index contributed by atoms with van der Waals surface area (Å²) in [6, 6.07) is 6.90. The van der Waals surface area contributed by atoms with Crippen LogP contribution >= 0.6 is 11.6 Å². The number of rotatable bonds is 10. The molecule has 5 rings (SSSR count). The lowest BCUT2D eigenvalue weighted by Crippen LogP contribution is -2.52. The van der Waals surface area contributed by atoms with Gasteiger partial charge < -0.3 is 30.0 Å². The Kier molecular flexibility index (Phi) is 8.92. The van der Waals surface area contributed by atoms with Crippen LogP contribution in [-0.2, 0) is 35.0 Å². The second-order valence-corrected chi connectivity index (χ2v) is 10.8. The molecule has 1 aromatic carbocycles. The first-order valence-electron chi connectivity index (χ1n) is 13.9. The third kappa shape index (κ3) is 5.92. The van der Waals surface area contributed by atoms with Crippen molar-refractivity contribution < 1.29 is 38.1 Å². The van der Waals surface area contributed by atoms with E-state index in [1.807, 2.05) is 0 Å². The summed E-state index contributed by atoms with van der Waals surface area (Å²) < 4.78 is 33.6. The molecule has 0 radical (unpaired) electrons. The van der Waals surface area contributed by atoms with Crippen LogP contribution in [0.5, 0.6) is 0 Å². The molecule has 230 valence electrons. The van der Waals surface area contributed by atoms with Crippen LogP contribution < -0.4 is 10.6 Å². The molecule has 4 heterocycles. The average molecular weight is 619 g/mol. The van der Waals surface area contributed by atoms with Crippen molar-refractivity contribution in [2.75, 3.05) is 30.4 Å². The number of ketones is 1. The molecular weight excluding hydrogens is 587 g/mol. The Hall–Kier alpha value is -3.72. The Labute approximate surface area is 251 Å². The number of anilines is 2. The Morgan fingerprint density at radius 3 is 2.67 bits per heavy atom. The van der Waals surface area contributed by atoms with Gasteiger partial charge in [-0.25, -0.2) is 14.2 Å². The number of benzene rings is 1. The normalized spacial score (nSPS) is 23.8. The van der Waals surface area contributed by atoms with Gasteiger partial charge in [0.2, 0.25) is 16.8 Å². The standard InChI is InChI=1S/C28H32ClFN6O7/c1-3-41-26(40)28(15(2)37,12-16-7-9-17(10-8-16)35-11-5-4-6-19(35)38)42-13-18-22(39)20(30)25(43-18)36-14-32-21-23(31)33-27(29)34-24(21)36/h7-10,14,18,20,22,25,39H,3-6,11-13H2,1-2H3,(H2,31,33,34)/t18-,20+,22-,25-,28?/m1/s1. The number of ether oxygens (including phenoxy) is 3. The molecule has 2 aromatic heterocycles. The number of carbonyl (C=O) groups excluding carboxylic acids is 3. The van der Waals surface area contributed by atoms with E-state index >= 15 is 4.39 Å². The first kappa shape index (κ1) is 30.7. The molecule has 15 heteroatoms. The maximum absolute atomic E-state index is 15.4. The van der Waals surface area contributed by atoms with Crippen molar-refractivity contribution in [3.8, 4) is 0 Å². The van der Waals surface area contributed by atoms with Crippen molar-refractivity contribution in [1.29, 1.82) is 0 Å². The summed E-state index contributed by atoms with van der Waals surface area (Å²) in [6.45, 7) is 2.85. The fourth-order valence-corrected chi connectivity index (χ4v) is 5.52. The molecule has 13 nitrogen and oxygen atoms in total. The molecule has 5 atom stereocenters. The number of fused-ring (bicyclic) bond motifs is 1. The van der Waals surface area contributed by atoms with Gasteiger partial charge in [-0.3, -0.25) is 14.2 Å². The predicted octanol–water partition coefficient (Wildman–Crippen LogP) is 2.33. The molecule has 1 amide bonds. The molecule has 1 unspecified atom stereocenters. The van der Waals surface area contributed by atoms with E-state index in [1.54, 1.807) is 36.1 Å². The second kappa shape index (κ2) is 12.5. The Morgan fingerprint density at radius 1 is 1.26 bits per heavy atom. The average Bonchev–Trinajstić information content (AvgIpc) is 3.52. The summed E-state index contributed by atoms with van der Waals surface area (Å²) in [5, 5.41) is 10.5. The molecule has 2 fully saturated rings. The first-order chi connectivity index (χ1) is 20.6. The van der Waals surface area contributed by atoms with Crippen LogP contribution in [0.15, 0.2) is 30.6 Å². The topological polar surface area (TPSA) is 172 Å². The molecule has 3 aromatic rings. The van der Waals surface area contributed by atoms with Crippen LogP contribution in [0.1, 0.15) is 44.9 Å². The molecule has 0 bridgehead atoms. The van der Waals surface area contributed by atoms with E-state index in [0.717, 1.165) is 12.8 Å². The third-order valence-corrected chi connectivity index (χ3v) is 7.85. The Morgan fingerprint density at radius 2 is 2.00 bits per heavy atom. The van der Waals surface area contributed by atoms with Crippen LogP contribution in [-0.4, -0.2) is 86.0 Å². The molecule has 0 spiro atoms. The number of aromatic nitrogens is 4. The summed E-state index contributed by atoms with van der Waals surface area (Å²) in [6.07, 6.45) is -3.06. The van der Waals surface area contributed by atoms with E-state index in [4.69, 9.17) is 31.5 Å². The number of Topliss-reactive ketones (excluding diaryl/α,β-unsaturated/α-hetero) is 1. The lowest BCUT2D eigenvalue weighted by molar-refractivity contribution is -0.183. The number of hydrogen-bond acceptors (Lipinski definition) is 11. The smallest absolute Gasteiger partial charge is 0.346 e. The summed E-state index contributed by atoms with van der Waals surface area (Å²) in [5.74, 6) is -1.56. The number of nitrogens with zero attached hydrogens (tertiary/aromatic N) is 5. The number of hydrogen-bond donors (Lipinski definition) is 2. The van der Waals surface area contributed by atoms with Gasteiger partial charge in [-0.1, -0.05) is 12.1 Å². The number of nitrogen functional groups attached to an aromatic ring is 1. The molecule has 2 aliphatic rings. The maximum atomic E-state index is 15.4. The highest BCUT2D eigenvalue weighted by Crippen LogP contribution is 2.36. The number of halogens is 2. The van der Waals surface area contributed by atoms with Crippen LogP contribution in [0.25, 0.3) is 11.2 Å². The molecule has 3 N–H and O–H groups in total. The number of imidazole rings is 1. The van der Waals surface area contributed by atoms with E-state index in [1.165, 1.54) is 17.8 Å². The van der Waals surface area contributed by atoms with E-state index in [2.05, 4.69) is 15.0 Å². The molecule has 43 heavy (non-hydrogen) atoms. The number of aliphatic hydroxyl groups is 1. The predicted molar refractivity (Wildman–Crippen MR) is 152 cm³/mol. The van der Waals surface area contributed by atoms with Gasteiger partial charge >= 0.3 is 5.97 Å². The molecule has 0 aliphatic carbocycles. The number of nitrogens with two attached hydrogens (primary N) is 1. The fourth-order valence-electron chi connectivity index (χ4n) is 5.35.